The van der Waals surface area contributed by atoms with E-state index in [1.165, 1.54) is 132 Å². The van der Waals surface area contributed by atoms with E-state index in [9.17, 15) is 0 Å². The molecule has 0 aliphatic rings. The van der Waals surface area contributed by atoms with Crippen molar-refractivity contribution in [2.45, 2.75) is 13.8 Å². The van der Waals surface area contributed by atoms with E-state index in [0.717, 1.165) is 11.4 Å². The van der Waals surface area contributed by atoms with Crippen LogP contribution in [0.5, 0.6) is 0 Å². The molecule has 0 saturated heterocycles. The standard InChI is InChI=1S/C66H44N2/c1-41-16-20-43(21-17-41)48-28-34-63-59(38-48)55-12-6-8-14-61(55)67(63)51-36-50(54-31-25-47-26-32-57-53(45-10-4-3-5-11-45)30-24-46-27-33-58(54)66(47)65(46)57)37-52(40-51)68-62-15-9-7-13-56(62)60-39-49(29-35-64(60)68)44-22-18-42(2)19-23-44/h3-40H,1-2H3. The second-order valence-electron chi connectivity index (χ2n) is 18.7. The van der Waals surface area contributed by atoms with E-state index in [1.54, 1.807) is 0 Å². The molecule has 0 spiro atoms. The fraction of sp³-hybridized carbons (Fsp3) is 0.0303. The molecule has 68 heavy (non-hydrogen) atoms. The first-order valence-corrected chi connectivity index (χ1v) is 23.7. The van der Waals surface area contributed by atoms with Gasteiger partial charge in [-0.05, 0) is 145 Å². The van der Waals surface area contributed by atoms with Gasteiger partial charge in [-0.25, -0.2) is 0 Å². The predicted octanol–water partition coefficient (Wildman–Crippen LogP) is 18.1. The number of fused-ring (bicyclic) bond motifs is 6. The summed E-state index contributed by atoms with van der Waals surface area (Å²) >= 11 is 0. The van der Waals surface area contributed by atoms with Crippen LogP contribution in [0.3, 0.4) is 0 Å². The topological polar surface area (TPSA) is 9.86 Å². The lowest BCUT2D eigenvalue weighted by atomic mass is 9.87. The molecule has 0 N–H and O–H groups in total. The molecule has 318 valence electrons. The Morgan fingerprint density at radius 2 is 0.662 bits per heavy atom. The molecule has 0 fully saturated rings. The molecule has 0 unspecified atom stereocenters. The van der Waals surface area contributed by atoms with Crippen molar-refractivity contribution < 1.29 is 0 Å². The fourth-order valence-corrected chi connectivity index (χ4v) is 11.3. The van der Waals surface area contributed by atoms with Crippen molar-refractivity contribution in [3.63, 3.8) is 0 Å². The second-order valence-corrected chi connectivity index (χ2v) is 18.7. The SMILES string of the molecule is Cc1ccc(-c2ccc3c(c2)c2ccccc2n3-c2cc(-c3ccc4ccc5c(-c6ccccc6)ccc6ccc3c4c65)cc(-n3c4ccccc4c4cc(-c5ccc(C)cc5)ccc43)c2)cc1. The lowest BCUT2D eigenvalue weighted by Crippen LogP contribution is -2.00. The fourth-order valence-electron chi connectivity index (χ4n) is 11.3. The Morgan fingerprint density at radius 1 is 0.250 bits per heavy atom. The minimum atomic E-state index is 1.12. The summed E-state index contributed by atoms with van der Waals surface area (Å²) in [5, 5.41) is 12.6. The maximum absolute atomic E-state index is 2.49. The zero-order valence-corrected chi connectivity index (χ0v) is 37.8. The molecule has 14 aromatic rings. The van der Waals surface area contributed by atoms with Gasteiger partial charge in [-0.2, -0.15) is 0 Å². The highest BCUT2D eigenvalue weighted by Crippen LogP contribution is 2.45. The maximum Gasteiger partial charge on any atom is 0.0541 e. The molecule has 0 amide bonds. The van der Waals surface area contributed by atoms with Gasteiger partial charge in [0.25, 0.3) is 0 Å². The molecule has 0 saturated carbocycles. The zero-order chi connectivity index (χ0) is 45.0. The van der Waals surface area contributed by atoms with Gasteiger partial charge in [0.05, 0.1) is 22.1 Å². The maximum atomic E-state index is 2.49. The molecule has 14 rings (SSSR count). The number of rotatable bonds is 6. The van der Waals surface area contributed by atoms with Gasteiger partial charge in [0, 0.05) is 32.9 Å². The smallest absolute Gasteiger partial charge is 0.0541 e. The summed E-state index contributed by atoms with van der Waals surface area (Å²) in [7, 11) is 0. The molecule has 0 radical (unpaired) electrons. The van der Waals surface area contributed by atoms with Crippen LogP contribution >= 0.6 is 0 Å². The van der Waals surface area contributed by atoms with Gasteiger partial charge >= 0.3 is 0 Å². The van der Waals surface area contributed by atoms with Crippen molar-refractivity contribution in [2.24, 2.45) is 0 Å². The molecule has 2 heterocycles. The summed E-state index contributed by atoms with van der Waals surface area (Å²) in [4.78, 5) is 0. The molecule has 0 atom stereocenters. The van der Waals surface area contributed by atoms with Crippen LogP contribution in [-0.2, 0) is 0 Å². The number of aryl methyl sites for hydroxylation is 2. The van der Waals surface area contributed by atoms with Gasteiger partial charge in [0.1, 0.15) is 0 Å². The van der Waals surface area contributed by atoms with Crippen LogP contribution in [0.2, 0.25) is 0 Å². The van der Waals surface area contributed by atoms with E-state index >= 15 is 0 Å². The first-order chi connectivity index (χ1) is 33.5. The van der Waals surface area contributed by atoms with Crippen molar-refractivity contribution in [1.82, 2.24) is 9.13 Å². The van der Waals surface area contributed by atoms with E-state index in [4.69, 9.17) is 0 Å². The van der Waals surface area contributed by atoms with E-state index in [2.05, 4.69) is 254 Å². The third-order valence-corrected chi connectivity index (χ3v) is 14.6. The van der Waals surface area contributed by atoms with Crippen molar-refractivity contribution in [2.75, 3.05) is 0 Å². The molecular formula is C66H44N2. The number of benzene rings is 12. The summed E-state index contributed by atoms with van der Waals surface area (Å²) < 4.78 is 4.98. The number of para-hydroxylation sites is 2. The Kier molecular flexibility index (Phi) is 8.45. The van der Waals surface area contributed by atoms with Gasteiger partial charge in [0.15, 0.2) is 0 Å². The number of hydrogen-bond acceptors (Lipinski definition) is 0. The molecule has 0 aliphatic carbocycles. The Bertz CT molecular complexity index is 4120. The van der Waals surface area contributed by atoms with Crippen molar-refractivity contribution in [1.29, 1.82) is 0 Å². The monoisotopic (exact) mass is 864 g/mol. The van der Waals surface area contributed by atoms with Crippen molar-refractivity contribution in [3.05, 3.63) is 242 Å². The Hall–Kier alpha value is -8.72. The second kappa shape index (κ2) is 14.9. The quantitative estimate of drug-likeness (QED) is 0.147. The van der Waals surface area contributed by atoms with Gasteiger partial charge in [-0.3, -0.25) is 0 Å². The largest absolute Gasteiger partial charge is 0.309 e. The van der Waals surface area contributed by atoms with Crippen LogP contribution in [0.4, 0.5) is 0 Å². The summed E-state index contributed by atoms with van der Waals surface area (Å²) in [6, 6.07) is 86.2. The molecule has 0 aliphatic heterocycles. The van der Waals surface area contributed by atoms with E-state index in [-0.39, 0.29) is 0 Å². The Morgan fingerprint density at radius 3 is 1.16 bits per heavy atom. The third kappa shape index (κ3) is 5.91. The highest BCUT2D eigenvalue weighted by Gasteiger charge is 2.21. The minimum Gasteiger partial charge on any atom is -0.309 e. The van der Waals surface area contributed by atoms with Crippen LogP contribution < -0.4 is 0 Å². The van der Waals surface area contributed by atoms with Crippen molar-refractivity contribution in [3.8, 4) is 55.9 Å². The molecule has 2 heteroatoms. The van der Waals surface area contributed by atoms with Crippen LogP contribution in [0.15, 0.2) is 231 Å². The number of hydrogen-bond donors (Lipinski definition) is 0. The Balaban J connectivity index is 1.05. The summed E-state index contributed by atoms with van der Waals surface area (Å²) in [6.07, 6.45) is 0. The van der Waals surface area contributed by atoms with Gasteiger partial charge < -0.3 is 9.13 Å². The van der Waals surface area contributed by atoms with Crippen molar-refractivity contribution >= 4 is 75.9 Å². The molecule has 12 aromatic carbocycles. The minimum absolute atomic E-state index is 1.12. The molecule has 2 nitrogen and oxygen atoms in total. The van der Waals surface area contributed by atoms with E-state index in [0.29, 0.717) is 0 Å². The average molecular weight is 865 g/mol. The first-order valence-electron chi connectivity index (χ1n) is 23.7. The lowest BCUT2D eigenvalue weighted by molar-refractivity contribution is 1.13. The van der Waals surface area contributed by atoms with E-state index < -0.39 is 0 Å². The van der Waals surface area contributed by atoms with E-state index in [1.807, 2.05) is 0 Å². The van der Waals surface area contributed by atoms with Crippen LogP contribution in [0, 0.1) is 13.8 Å². The highest BCUT2D eigenvalue weighted by atomic mass is 15.0. The average Bonchev–Trinajstić information content (AvgIpc) is 3.90. The van der Waals surface area contributed by atoms with Crippen LogP contribution in [0.1, 0.15) is 11.1 Å². The highest BCUT2D eigenvalue weighted by molar-refractivity contribution is 6.27. The van der Waals surface area contributed by atoms with Gasteiger partial charge in [-0.1, -0.05) is 187 Å². The Labute approximate surface area is 394 Å². The zero-order valence-electron chi connectivity index (χ0n) is 37.8. The first kappa shape index (κ1) is 38.5. The van der Waals surface area contributed by atoms with Crippen LogP contribution in [0.25, 0.3) is 132 Å². The number of nitrogens with zero attached hydrogens (tertiary/aromatic N) is 2. The van der Waals surface area contributed by atoms with Crippen LogP contribution in [-0.4, -0.2) is 9.13 Å². The lowest BCUT2D eigenvalue weighted by Gasteiger charge is -2.19. The number of aromatic nitrogens is 2. The van der Waals surface area contributed by atoms with Gasteiger partial charge in [0.2, 0.25) is 0 Å². The molecule has 0 bridgehead atoms. The summed E-state index contributed by atoms with van der Waals surface area (Å²) in [5.41, 5.74) is 19.2. The summed E-state index contributed by atoms with van der Waals surface area (Å²) in [5.74, 6) is 0. The molecular weight excluding hydrogens is 821 g/mol. The predicted molar refractivity (Wildman–Crippen MR) is 290 cm³/mol. The van der Waals surface area contributed by atoms with Gasteiger partial charge in [-0.15, -0.1) is 0 Å². The summed E-state index contributed by atoms with van der Waals surface area (Å²) in [6.45, 7) is 4.30. The molecule has 2 aromatic heterocycles. The third-order valence-electron chi connectivity index (χ3n) is 14.6. The normalized spacial score (nSPS) is 12.0.